The zero-order chi connectivity index (χ0) is 18.9. The second kappa shape index (κ2) is 7.53. The highest BCUT2D eigenvalue weighted by Gasteiger charge is 2.45. The van der Waals surface area contributed by atoms with Gasteiger partial charge in [-0.05, 0) is 42.7 Å². The number of hydrogen-bond acceptors (Lipinski definition) is 3. The average molecular weight is 370 g/mol. The molecule has 1 aromatic carbocycles. The molecule has 5 nitrogen and oxygen atoms in total. The number of anilines is 1. The van der Waals surface area contributed by atoms with Gasteiger partial charge in [-0.1, -0.05) is 31.0 Å². The molecule has 2 heterocycles. The van der Waals surface area contributed by atoms with E-state index < -0.39 is 0 Å². The van der Waals surface area contributed by atoms with Gasteiger partial charge in [0, 0.05) is 45.3 Å². The molecule has 2 aliphatic heterocycles. The van der Waals surface area contributed by atoms with Gasteiger partial charge in [-0.3, -0.25) is 9.59 Å². The molecule has 146 valence electrons. The highest BCUT2D eigenvalue weighted by atomic mass is 16.2. The van der Waals surface area contributed by atoms with Crippen LogP contribution in [0.1, 0.15) is 38.5 Å². The Labute approximate surface area is 162 Å². The molecule has 2 amide bonds. The Hall–Kier alpha value is -2.04. The van der Waals surface area contributed by atoms with E-state index in [0.717, 1.165) is 45.4 Å². The smallest absolute Gasteiger partial charge is 0.241 e. The van der Waals surface area contributed by atoms with Crippen molar-refractivity contribution in [2.75, 3.05) is 44.7 Å². The Bertz CT molecular complexity index is 684. The summed E-state index contributed by atoms with van der Waals surface area (Å²) in [5.74, 6) is 0.751. The fourth-order valence-electron chi connectivity index (χ4n) is 5.21. The lowest BCUT2D eigenvalue weighted by molar-refractivity contribution is -0.137. The number of nitrogens with zero attached hydrogens (tertiary/aromatic N) is 3. The predicted molar refractivity (Wildman–Crippen MR) is 106 cm³/mol. The third-order valence-corrected chi connectivity index (χ3v) is 6.76. The highest BCUT2D eigenvalue weighted by molar-refractivity contribution is 5.86. The molecule has 0 bridgehead atoms. The van der Waals surface area contributed by atoms with Crippen molar-refractivity contribution in [2.24, 2.45) is 11.3 Å². The summed E-state index contributed by atoms with van der Waals surface area (Å²) in [6.45, 7) is 3.86. The summed E-state index contributed by atoms with van der Waals surface area (Å²) in [5, 5.41) is 0. The van der Waals surface area contributed by atoms with Crippen LogP contribution in [0.4, 0.5) is 5.69 Å². The molecule has 3 fully saturated rings. The molecule has 0 N–H and O–H groups in total. The lowest BCUT2D eigenvalue weighted by Gasteiger charge is -2.26. The van der Waals surface area contributed by atoms with E-state index in [9.17, 15) is 9.59 Å². The number of likely N-dealkylation sites (tertiary alicyclic amines) is 1. The molecule has 0 unspecified atom stereocenters. The Balaban J connectivity index is 1.27. The summed E-state index contributed by atoms with van der Waals surface area (Å²) < 4.78 is 0. The van der Waals surface area contributed by atoms with Gasteiger partial charge in [0.05, 0.1) is 6.54 Å². The van der Waals surface area contributed by atoms with Crippen molar-refractivity contribution in [3.05, 3.63) is 30.3 Å². The summed E-state index contributed by atoms with van der Waals surface area (Å²) >= 11 is 0. The number of hydrogen-bond donors (Lipinski definition) is 0. The van der Waals surface area contributed by atoms with Crippen molar-refractivity contribution < 1.29 is 9.59 Å². The number of benzene rings is 1. The number of carbonyl (C=O) groups is 2. The fourth-order valence-corrected chi connectivity index (χ4v) is 5.21. The first-order valence-electron chi connectivity index (χ1n) is 10.4. The maximum absolute atomic E-state index is 12.7. The summed E-state index contributed by atoms with van der Waals surface area (Å²) in [4.78, 5) is 31.1. The molecule has 2 saturated heterocycles. The van der Waals surface area contributed by atoms with Crippen LogP contribution in [0.25, 0.3) is 0 Å². The number of likely N-dealkylation sites (N-methyl/N-ethyl adjacent to an activating group) is 1. The summed E-state index contributed by atoms with van der Waals surface area (Å²) in [5.41, 5.74) is 1.44. The van der Waals surface area contributed by atoms with Crippen molar-refractivity contribution in [1.82, 2.24) is 9.80 Å². The van der Waals surface area contributed by atoms with Crippen LogP contribution in [-0.4, -0.2) is 61.4 Å². The van der Waals surface area contributed by atoms with Gasteiger partial charge in [0.1, 0.15) is 0 Å². The van der Waals surface area contributed by atoms with E-state index in [1.54, 1.807) is 0 Å². The lowest BCUT2D eigenvalue weighted by Crippen LogP contribution is -2.41. The van der Waals surface area contributed by atoms with Crippen LogP contribution < -0.4 is 4.90 Å². The van der Waals surface area contributed by atoms with Crippen LogP contribution in [0.5, 0.6) is 0 Å². The fraction of sp³-hybridized carbons (Fsp3) is 0.636. The lowest BCUT2D eigenvalue weighted by atomic mass is 9.85. The molecule has 1 atom stereocenters. The minimum atomic E-state index is 0.0801. The maximum atomic E-state index is 12.7. The predicted octanol–water partition coefficient (Wildman–Crippen LogP) is 2.76. The van der Waals surface area contributed by atoms with Crippen molar-refractivity contribution in [3.63, 3.8) is 0 Å². The molecular weight excluding hydrogens is 338 g/mol. The number of rotatable bonds is 5. The first-order valence-corrected chi connectivity index (χ1v) is 10.4. The van der Waals surface area contributed by atoms with E-state index in [-0.39, 0.29) is 23.8 Å². The van der Waals surface area contributed by atoms with Crippen LogP contribution in [0.2, 0.25) is 0 Å². The largest absolute Gasteiger partial charge is 0.371 e. The van der Waals surface area contributed by atoms with E-state index in [1.807, 2.05) is 22.9 Å². The van der Waals surface area contributed by atoms with Crippen molar-refractivity contribution in [3.8, 4) is 0 Å². The van der Waals surface area contributed by atoms with E-state index in [2.05, 4.69) is 29.2 Å². The van der Waals surface area contributed by atoms with Gasteiger partial charge in [0.15, 0.2) is 0 Å². The molecule has 4 rings (SSSR count). The van der Waals surface area contributed by atoms with Crippen LogP contribution in [0.3, 0.4) is 0 Å². The van der Waals surface area contributed by atoms with Crippen LogP contribution in [0, 0.1) is 11.3 Å². The standard InChI is InChI=1S/C22H31N3O2/c1-23(14-18-9-12-24(15-18)19-7-3-2-4-8-19)21(27)16-25-17-22(13-20(25)26)10-5-6-11-22/h2-4,7-8,18H,5-6,9-17H2,1H3/t18-/m0/s1. The topological polar surface area (TPSA) is 43.9 Å². The first kappa shape index (κ1) is 18.3. The highest BCUT2D eigenvalue weighted by Crippen LogP contribution is 2.45. The van der Waals surface area contributed by atoms with Crippen molar-refractivity contribution >= 4 is 17.5 Å². The molecule has 0 radical (unpaired) electrons. The number of para-hydroxylation sites is 1. The average Bonchev–Trinajstić information content (AvgIpc) is 3.38. The second-order valence-corrected chi connectivity index (χ2v) is 8.84. The van der Waals surface area contributed by atoms with Gasteiger partial charge in [-0.2, -0.15) is 0 Å². The van der Waals surface area contributed by atoms with Crippen LogP contribution in [-0.2, 0) is 9.59 Å². The van der Waals surface area contributed by atoms with Gasteiger partial charge in [-0.15, -0.1) is 0 Å². The third-order valence-electron chi connectivity index (χ3n) is 6.76. The van der Waals surface area contributed by atoms with Crippen LogP contribution >= 0.6 is 0 Å². The van der Waals surface area contributed by atoms with Gasteiger partial charge in [0.25, 0.3) is 0 Å². The third kappa shape index (κ3) is 3.97. The SMILES string of the molecule is CN(C[C@@H]1CCN(c2ccccc2)C1)C(=O)CN1CC2(CCCC2)CC1=O. The van der Waals surface area contributed by atoms with E-state index in [0.29, 0.717) is 12.3 Å². The van der Waals surface area contributed by atoms with E-state index >= 15 is 0 Å². The van der Waals surface area contributed by atoms with Gasteiger partial charge in [-0.25, -0.2) is 0 Å². The molecule has 27 heavy (non-hydrogen) atoms. The summed E-state index contributed by atoms with van der Waals surface area (Å²) in [6, 6.07) is 10.5. The van der Waals surface area contributed by atoms with Gasteiger partial charge >= 0.3 is 0 Å². The molecule has 1 spiro atoms. The Morgan fingerprint density at radius 3 is 2.70 bits per heavy atom. The first-order chi connectivity index (χ1) is 13.0. The minimum Gasteiger partial charge on any atom is -0.371 e. The van der Waals surface area contributed by atoms with Gasteiger partial charge < -0.3 is 14.7 Å². The molecule has 1 saturated carbocycles. The quantitative estimate of drug-likeness (QED) is 0.802. The summed E-state index contributed by atoms with van der Waals surface area (Å²) in [6.07, 6.45) is 6.52. The van der Waals surface area contributed by atoms with E-state index in [1.165, 1.54) is 18.5 Å². The monoisotopic (exact) mass is 369 g/mol. The molecule has 1 aliphatic carbocycles. The zero-order valence-corrected chi connectivity index (χ0v) is 16.4. The Kier molecular flexibility index (Phi) is 5.11. The Morgan fingerprint density at radius 1 is 1.22 bits per heavy atom. The normalized spacial score (nSPS) is 24.2. The minimum absolute atomic E-state index is 0.0801. The zero-order valence-electron chi connectivity index (χ0n) is 16.4. The van der Waals surface area contributed by atoms with Crippen LogP contribution in [0.15, 0.2) is 30.3 Å². The molecule has 0 aromatic heterocycles. The number of amides is 2. The van der Waals surface area contributed by atoms with E-state index in [4.69, 9.17) is 0 Å². The molecule has 3 aliphatic rings. The number of carbonyl (C=O) groups excluding carboxylic acids is 2. The molecular formula is C22H31N3O2. The Morgan fingerprint density at radius 2 is 1.96 bits per heavy atom. The van der Waals surface area contributed by atoms with Crippen molar-refractivity contribution in [2.45, 2.75) is 38.5 Å². The maximum Gasteiger partial charge on any atom is 0.241 e. The van der Waals surface area contributed by atoms with Gasteiger partial charge in [0.2, 0.25) is 11.8 Å². The summed E-state index contributed by atoms with van der Waals surface area (Å²) in [7, 11) is 1.89. The second-order valence-electron chi connectivity index (χ2n) is 8.84. The molecule has 1 aromatic rings. The molecule has 5 heteroatoms. The van der Waals surface area contributed by atoms with Crippen molar-refractivity contribution in [1.29, 1.82) is 0 Å².